The molecule has 0 aliphatic rings. The molecule has 0 aliphatic heterocycles. The minimum atomic E-state index is 0.276. The lowest BCUT2D eigenvalue weighted by molar-refractivity contribution is 0.191. The van der Waals surface area contributed by atoms with Gasteiger partial charge in [-0.05, 0) is 53.1 Å². The highest BCUT2D eigenvalue weighted by Gasteiger charge is 2.17. The summed E-state index contributed by atoms with van der Waals surface area (Å²) in [6.45, 7) is 17.2. The van der Waals surface area contributed by atoms with Crippen molar-refractivity contribution in [3.63, 3.8) is 0 Å². The third-order valence-corrected chi connectivity index (χ3v) is 3.40. The second-order valence-corrected chi connectivity index (χ2v) is 5.50. The molecular formula is C14H32N2. The molecule has 0 aromatic rings. The van der Waals surface area contributed by atoms with Crippen molar-refractivity contribution in [2.75, 3.05) is 19.6 Å². The van der Waals surface area contributed by atoms with Crippen molar-refractivity contribution in [1.29, 1.82) is 0 Å². The summed E-state index contributed by atoms with van der Waals surface area (Å²) in [5.74, 6) is 0. The number of nitrogens with one attached hydrogen (secondary N) is 1. The van der Waals surface area contributed by atoms with Crippen LogP contribution in [0, 0.1) is 0 Å². The molecule has 1 unspecified atom stereocenters. The van der Waals surface area contributed by atoms with E-state index in [4.69, 9.17) is 0 Å². The van der Waals surface area contributed by atoms with Gasteiger partial charge in [0.25, 0.3) is 0 Å². The zero-order valence-corrected chi connectivity index (χ0v) is 12.3. The molecule has 0 heterocycles. The maximum Gasteiger partial charge on any atom is 0.0192 e. The van der Waals surface area contributed by atoms with E-state index >= 15 is 0 Å². The largest absolute Gasteiger partial charge is 0.310 e. The van der Waals surface area contributed by atoms with E-state index in [9.17, 15) is 0 Å². The van der Waals surface area contributed by atoms with Gasteiger partial charge in [-0.15, -0.1) is 0 Å². The molecule has 0 saturated heterocycles. The predicted octanol–water partition coefficient (Wildman–Crippen LogP) is 3.28. The summed E-state index contributed by atoms with van der Waals surface area (Å²) in [7, 11) is 0. The quantitative estimate of drug-likeness (QED) is 0.651. The summed E-state index contributed by atoms with van der Waals surface area (Å²) in [5.41, 5.74) is 0.276. The summed E-state index contributed by atoms with van der Waals surface area (Å²) in [5, 5.41) is 3.66. The molecule has 0 fully saturated rings. The molecule has 16 heavy (non-hydrogen) atoms. The molecule has 2 nitrogen and oxygen atoms in total. The van der Waals surface area contributed by atoms with Gasteiger partial charge in [0.2, 0.25) is 0 Å². The third-order valence-electron chi connectivity index (χ3n) is 3.40. The first-order valence-corrected chi connectivity index (χ1v) is 6.95. The fourth-order valence-corrected chi connectivity index (χ4v) is 1.81. The van der Waals surface area contributed by atoms with E-state index in [2.05, 4.69) is 51.8 Å². The van der Waals surface area contributed by atoms with Crippen LogP contribution < -0.4 is 5.32 Å². The predicted molar refractivity (Wildman–Crippen MR) is 74.0 cm³/mol. The van der Waals surface area contributed by atoms with Crippen LogP contribution in [-0.2, 0) is 0 Å². The van der Waals surface area contributed by atoms with Crippen molar-refractivity contribution in [3.05, 3.63) is 0 Å². The van der Waals surface area contributed by atoms with E-state index < -0.39 is 0 Å². The maximum absolute atomic E-state index is 3.66. The molecule has 0 saturated carbocycles. The molecule has 1 N–H and O–H groups in total. The van der Waals surface area contributed by atoms with E-state index in [1.165, 1.54) is 32.4 Å². The topological polar surface area (TPSA) is 15.3 Å². The summed E-state index contributed by atoms with van der Waals surface area (Å²) < 4.78 is 0. The average molecular weight is 228 g/mol. The van der Waals surface area contributed by atoms with E-state index in [0.29, 0.717) is 6.04 Å². The Balaban J connectivity index is 4.04. The second-order valence-electron chi connectivity index (χ2n) is 5.50. The zero-order chi connectivity index (χ0) is 12.6. The van der Waals surface area contributed by atoms with Crippen LogP contribution in [0.15, 0.2) is 0 Å². The molecule has 0 aromatic heterocycles. The molecule has 2 heteroatoms. The lowest BCUT2D eigenvalue weighted by Gasteiger charge is -2.32. The van der Waals surface area contributed by atoms with Gasteiger partial charge in [0.05, 0.1) is 0 Å². The van der Waals surface area contributed by atoms with Gasteiger partial charge < -0.3 is 5.32 Å². The first kappa shape index (κ1) is 15.9. The molecule has 0 bridgehead atoms. The molecule has 0 aliphatic carbocycles. The van der Waals surface area contributed by atoms with E-state index in [-0.39, 0.29) is 5.54 Å². The summed E-state index contributed by atoms with van der Waals surface area (Å²) in [6.07, 6.45) is 3.68. The fraction of sp³-hybridized carbons (Fsp3) is 1.00. The van der Waals surface area contributed by atoms with Gasteiger partial charge in [-0.3, -0.25) is 4.90 Å². The van der Waals surface area contributed by atoms with Gasteiger partial charge in [-0.1, -0.05) is 20.8 Å². The third kappa shape index (κ3) is 6.49. The van der Waals surface area contributed by atoms with Crippen LogP contribution in [0.2, 0.25) is 0 Å². The van der Waals surface area contributed by atoms with Gasteiger partial charge in [-0.25, -0.2) is 0 Å². The monoisotopic (exact) mass is 228 g/mol. The minimum Gasteiger partial charge on any atom is -0.310 e. The normalized spacial score (nSPS) is 14.4. The summed E-state index contributed by atoms with van der Waals surface area (Å²) in [4.78, 5) is 2.60. The Morgan fingerprint density at radius 3 is 1.94 bits per heavy atom. The Labute approximate surface area is 103 Å². The number of rotatable bonds is 9. The number of nitrogens with zero attached hydrogens (tertiary/aromatic N) is 1. The van der Waals surface area contributed by atoms with Gasteiger partial charge in [0, 0.05) is 18.1 Å². The first-order valence-electron chi connectivity index (χ1n) is 6.95. The average Bonchev–Trinajstić information content (AvgIpc) is 2.26. The first-order chi connectivity index (χ1) is 7.46. The molecule has 98 valence electrons. The van der Waals surface area contributed by atoms with Crippen molar-refractivity contribution >= 4 is 0 Å². The molecule has 1 atom stereocenters. The number of hydrogen-bond acceptors (Lipinski definition) is 2. The van der Waals surface area contributed by atoms with Gasteiger partial charge >= 0.3 is 0 Å². The maximum atomic E-state index is 3.66. The van der Waals surface area contributed by atoms with Gasteiger partial charge in [-0.2, -0.15) is 0 Å². The van der Waals surface area contributed by atoms with Crippen LogP contribution >= 0.6 is 0 Å². The van der Waals surface area contributed by atoms with E-state index in [0.717, 1.165) is 6.54 Å². The van der Waals surface area contributed by atoms with Crippen molar-refractivity contribution in [3.8, 4) is 0 Å². The second kappa shape index (κ2) is 8.08. The summed E-state index contributed by atoms with van der Waals surface area (Å²) >= 11 is 0. The van der Waals surface area contributed by atoms with Crippen molar-refractivity contribution in [1.82, 2.24) is 10.2 Å². The Morgan fingerprint density at radius 1 is 1.06 bits per heavy atom. The van der Waals surface area contributed by atoms with Crippen molar-refractivity contribution in [2.45, 2.75) is 72.4 Å². The van der Waals surface area contributed by atoms with Crippen LogP contribution in [0.25, 0.3) is 0 Å². The lowest BCUT2D eigenvalue weighted by atomic mass is 10.0. The van der Waals surface area contributed by atoms with Crippen LogP contribution in [0.3, 0.4) is 0 Å². The Hall–Kier alpha value is -0.0800. The molecule has 0 radical (unpaired) electrons. The molecule has 0 aromatic carbocycles. The van der Waals surface area contributed by atoms with Crippen molar-refractivity contribution in [2.24, 2.45) is 0 Å². The minimum absolute atomic E-state index is 0.276. The Morgan fingerprint density at radius 2 is 1.56 bits per heavy atom. The fourth-order valence-electron chi connectivity index (χ4n) is 1.81. The Kier molecular flexibility index (Phi) is 8.04. The standard InChI is InChI=1S/C14H32N2/c1-7-10-16(11-8-2)13(4)12-15-14(5,6)9-3/h13,15H,7-12H2,1-6H3. The lowest BCUT2D eigenvalue weighted by Crippen LogP contribution is -2.47. The molecule has 0 rings (SSSR count). The zero-order valence-electron chi connectivity index (χ0n) is 12.3. The highest BCUT2D eigenvalue weighted by atomic mass is 15.2. The van der Waals surface area contributed by atoms with E-state index in [1.54, 1.807) is 0 Å². The van der Waals surface area contributed by atoms with Crippen molar-refractivity contribution < 1.29 is 0 Å². The molecular weight excluding hydrogens is 196 g/mol. The van der Waals surface area contributed by atoms with Crippen LogP contribution in [0.1, 0.15) is 60.8 Å². The van der Waals surface area contributed by atoms with Crippen LogP contribution in [0.4, 0.5) is 0 Å². The highest BCUT2D eigenvalue weighted by molar-refractivity contribution is 4.79. The molecule has 0 amide bonds. The smallest absolute Gasteiger partial charge is 0.0192 e. The highest BCUT2D eigenvalue weighted by Crippen LogP contribution is 2.08. The summed E-state index contributed by atoms with van der Waals surface area (Å²) in [6, 6.07) is 0.644. The van der Waals surface area contributed by atoms with E-state index in [1.807, 2.05) is 0 Å². The Bertz CT molecular complexity index is 160. The number of hydrogen-bond donors (Lipinski definition) is 1. The van der Waals surface area contributed by atoms with Gasteiger partial charge in [0.15, 0.2) is 0 Å². The SMILES string of the molecule is CCCN(CCC)C(C)CNC(C)(C)CC. The van der Waals surface area contributed by atoms with Gasteiger partial charge in [0.1, 0.15) is 0 Å². The van der Waals surface area contributed by atoms with Crippen LogP contribution in [0.5, 0.6) is 0 Å². The van der Waals surface area contributed by atoms with Crippen LogP contribution in [-0.4, -0.2) is 36.1 Å². The molecule has 0 spiro atoms.